The van der Waals surface area contributed by atoms with Gasteiger partial charge in [-0.15, -0.1) is 0 Å². The summed E-state index contributed by atoms with van der Waals surface area (Å²) in [4.78, 5) is 17.1. The van der Waals surface area contributed by atoms with Crippen LogP contribution >= 0.6 is 23.2 Å². The van der Waals surface area contributed by atoms with E-state index in [9.17, 15) is 4.79 Å². The maximum atomic E-state index is 12.5. The van der Waals surface area contributed by atoms with Crippen LogP contribution in [0, 0.1) is 0 Å². The second-order valence-corrected chi connectivity index (χ2v) is 7.72. The van der Waals surface area contributed by atoms with Crippen LogP contribution in [0.4, 0.5) is 5.69 Å². The van der Waals surface area contributed by atoms with Gasteiger partial charge in [-0.05, 0) is 55.5 Å². The molecule has 1 aliphatic rings. The Balaban J connectivity index is 1.38. The molecule has 0 aromatic heterocycles. The van der Waals surface area contributed by atoms with E-state index in [1.54, 1.807) is 12.1 Å². The average Bonchev–Trinajstić information content (AvgIpc) is 2.71. The van der Waals surface area contributed by atoms with Gasteiger partial charge in [0.05, 0.1) is 6.04 Å². The van der Waals surface area contributed by atoms with Crippen molar-refractivity contribution in [2.24, 2.45) is 0 Å². The zero-order chi connectivity index (χ0) is 19.9. The van der Waals surface area contributed by atoms with E-state index in [4.69, 9.17) is 27.9 Å². The summed E-state index contributed by atoms with van der Waals surface area (Å²) in [5.41, 5.74) is 0.763. The minimum Gasteiger partial charge on any atom is -0.492 e. The number of nitrogens with zero attached hydrogens (tertiary/aromatic N) is 2. The van der Waals surface area contributed by atoms with Crippen LogP contribution in [0.5, 0.6) is 5.75 Å². The number of anilines is 1. The molecule has 0 saturated carbocycles. The Morgan fingerprint density at radius 3 is 2.18 bits per heavy atom. The van der Waals surface area contributed by atoms with Crippen LogP contribution in [0.3, 0.4) is 0 Å². The number of halogens is 2. The van der Waals surface area contributed by atoms with Gasteiger partial charge in [0.1, 0.15) is 12.4 Å². The van der Waals surface area contributed by atoms with E-state index < -0.39 is 0 Å². The quantitative estimate of drug-likeness (QED) is 0.732. The number of carbonyl (C=O) groups excluding carboxylic acids is 1. The lowest BCUT2D eigenvalue weighted by Crippen LogP contribution is -2.53. The van der Waals surface area contributed by atoms with E-state index in [-0.39, 0.29) is 11.9 Å². The average molecular weight is 422 g/mol. The van der Waals surface area contributed by atoms with Crippen LogP contribution in [-0.4, -0.2) is 61.1 Å². The number of ether oxygens (including phenoxy) is 1. The summed E-state index contributed by atoms with van der Waals surface area (Å²) in [6.07, 6.45) is 0. The Labute approximate surface area is 176 Å². The molecule has 2 aromatic carbocycles. The highest BCUT2D eigenvalue weighted by Crippen LogP contribution is 2.16. The normalized spacial score (nSPS) is 16.5. The predicted octanol–water partition coefficient (Wildman–Crippen LogP) is 4.02. The number of rotatable bonds is 7. The largest absolute Gasteiger partial charge is 0.492 e. The van der Waals surface area contributed by atoms with Crippen LogP contribution in [0.1, 0.15) is 6.92 Å². The molecule has 2 aromatic rings. The number of hydrogen-bond donors (Lipinski definition) is 1. The summed E-state index contributed by atoms with van der Waals surface area (Å²) in [5.74, 6) is 0.831. The standard InChI is InChI=1S/C21H25Cl2N3O2/c1-16(21(27)24-19-6-2-17(22)3-7-19)26-12-10-25(11-13-26)14-15-28-20-8-4-18(23)5-9-20/h2-9,16H,10-15H2,1H3,(H,24,27)/t16-/m1/s1. The SMILES string of the molecule is C[C@H](C(=O)Nc1ccc(Cl)cc1)N1CCN(CCOc2ccc(Cl)cc2)CC1. The highest BCUT2D eigenvalue weighted by molar-refractivity contribution is 6.30. The molecule has 1 saturated heterocycles. The second kappa shape index (κ2) is 10.1. The summed E-state index contributed by atoms with van der Waals surface area (Å²) in [7, 11) is 0. The Morgan fingerprint density at radius 2 is 1.57 bits per heavy atom. The number of hydrogen-bond acceptors (Lipinski definition) is 4. The van der Waals surface area contributed by atoms with Crippen LogP contribution in [0.25, 0.3) is 0 Å². The molecule has 1 fully saturated rings. The molecule has 7 heteroatoms. The Bertz CT molecular complexity index is 760. The van der Waals surface area contributed by atoms with Crippen molar-refractivity contribution >= 4 is 34.8 Å². The number of amides is 1. The lowest BCUT2D eigenvalue weighted by molar-refractivity contribution is -0.121. The van der Waals surface area contributed by atoms with Crippen LogP contribution in [0.2, 0.25) is 10.0 Å². The molecule has 0 spiro atoms. The minimum atomic E-state index is -0.178. The van der Waals surface area contributed by atoms with Crippen molar-refractivity contribution in [3.05, 3.63) is 58.6 Å². The molecule has 1 aliphatic heterocycles. The van der Waals surface area contributed by atoms with Crippen molar-refractivity contribution in [1.29, 1.82) is 0 Å². The van der Waals surface area contributed by atoms with Crippen molar-refractivity contribution in [1.82, 2.24) is 9.80 Å². The monoisotopic (exact) mass is 421 g/mol. The van der Waals surface area contributed by atoms with Crippen molar-refractivity contribution in [3.8, 4) is 5.75 Å². The minimum absolute atomic E-state index is 0.00171. The van der Waals surface area contributed by atoms with E-state index >= 15 is 0 Å². The molecule has 28 heavy (non-hydrogen) atoms. The third-order valence-corrected chi connectivity index (χ3v) is 5.44. The summed E-state index contributed by atoms with van der Waals surface area (Å²) >= 11 is 11.8. The Kier molecular flexibility index (Phi) is 7.57. The van der Waals surface area contributed by atoms with E-state index in [2.05, 4.69) is 15.1 Å². The van der Waals surface area contributed by atoms with Crippen molar-refractivity contribution in [2.45, 2.75) is 13.0 Å². The van der Waals surface area contributed by atoms with Gasteiger partial charge in [-0.25, -0.2) is 0 Å². The Morgan fingerprint density at radius 1 is 1.00 bits per heavy atom. The van der Waals surface area contributed by atoms with Gasteiger partial charge in [0.2, 0.25) is 5.91 Å². The fourth-order valence-corrected chi connectivity index (χ4v) is 3.40. The molecule has 0 aliphatic carbocycles. The van der Waals surface area contributed by atoms with Gasteiger partial charge >= 0.3 is 0 Å². The summed E-state index contributed by atoms with van der Waals surface area (Å²) < 4.78 is 5.76. The smallest absolute Gasteiger partial charge is 0.241 e. The van der Waals surface area contributed by atoms with Crippen LogP contribution in [-0.2, 0) is 4.79 Å². The van der Waals surface area contributed by atoms with E-state index in [1.807, 2.05) is 43.3 Å². The zero-order valence-corrected chi connectivity index (χ0v) is 17.4. The van der Waals surface area contributed by atoms with Gasteiger partial charge in [0.25, 0.3) is 0 Å². The molecule has 3 rings (SSSR count). The number of nitrogens with one attached hydrogen (secondary N) is 1. The third kappa shape index (κ3) is 6.11. The molecule has 1 amide bonds. The number of carbonyl (C=O) groups is 1. The van der Waals surface area contributed by atoms with Gasteiger partial charge in [-0.1, -0.05) is 23.2 Å². The molecule has 0 radical (unpaired) electrons. The number of benzene rings is 2. The maximum absolute atomic E-state index is 12.5. The fourth-order valence-electron chi connectivity index (χ4n) is 3.14. The molecular weight excluding hydrogens is 397 g/mol. The van der Waals surface area contributed by atoms with E-state index in [1.165, 1.54) is 0 Å². The van der Waals surface area contributed by atoms with Crippen LogP contribution < -0.4 is 10.1 Å². The lowest BCUT2D eigenvalue weighted by Gasteiger charge is -2.37. The molecule has 0 unspecified atom stereocenters. The third-order valence-electron chi connectivity index (χ3n) is 4.94. The van der Waals surface area contributed by atoms with Crippen LogP contribution in [0.15, 0.2) is 48.5 Å². The van der Waals surface area contributed by atoms with Gasteiger partial charge < -0.3 is 10.1 Å². The van der Waals surface area contributed by atoms with Gasteiger partial charge in [-0.3, -0.25) is 14.6 Å². The van der Waals surface area contributed by atoms with Crippen molar-refractivity contribution in [3.63, 3.8) is 0 Å². The molecule has 5 nitrogen and oxygen atoms in total. The lowest BCUT2D eigenvalue weighted by atomic mass is 10.2. The van der Waals surface area contributed by atoms with E-state index in [0.717, 1.165) is 44.2 Å². The number of piperazine rings is 1. The first-order valence-electron chi connectivity index (χ1n) is 9.42. The summed E-state index contributed by atoms with van der Waals surface area (Å²) in [6.45, 7) is 7.00. The molecule has 1 N–H and O–H groups in total. The molecule has 0 bridgehead atoms. The maximum Gasteiger partial charge on any atom is 0.241 e. The predicted molar refractivity (Wildman–Crippen MR) is 115 cm³/mol. The molecule has 1 atom stereocenters. The highest BCUT2D eigenvalue weighted by Gasteiger charge is 2.25. The summed E-state index contributed by atoms with van der Waals surface area (Å²) in [5, 5.41) is 4.31. The summed E-state index contributed by atoms with van der Waals surface area (Å²) in [6, 6.07) is 14.4. The van der Waals surface area contributed by atoms with Crippen molar-refractivity contribution < 1.29 is 9.53 Å². The van der Waals surface area contributed by atoms with Gasteiger partial charge in [0.15, 0.2) is 0 Å². The zero-order valence-electron chi connectivity index (χ0n) is 15.9. The first kappa shape index (κ1) is 20.9. The topological polar surface area (TPSA) is 44.8 Å². The highest BCUT2D eigenvalue weighted by atomic mass is 35.5. The first-order chi connectivity index (χ1) is 13.5. The Hall–Kier alpha value is -1.79. The second-order valence-electron chi connectivity index (χ2n) is 6.85. The first-order valence-corrected chi connectivity index (χ1v) is 10.2. The molecule has 150 valence electrons. The van der Waals surface area contributed by atoms with E-state index in [0.29, 0.717) is 16.7 Å². The van der Waals surface area contributed by atoms with Gasteiger partial charge in [-0.2, -0.15) is 0 Å². The molecule has 1 heterocycles. The molecular formula is C21H25Cl2N3O2. The van der Waals surface area contributed by atoms with Gasteiger partial charge in [0, 0.05) is 48.5 Å². The fraction of sp³-hybridized carbons (Fsp3) is 0.381. The van der Waals surface area contributed by atoms with Crippen molar-refractivity contribution in [2.75, 3.05) is 44.6 Å².